The van der Waals surface area contributed by atoms with Gasteiger partial charge in [-0.25, -0.2) is 0 Å². The number of hydrogen-bond donors (Lipinski definition) is 5. The number of nitrogens with zero attached hydrogens (tertiary/aromatic N) is 1. The molecule has 1 atom stereocenters. The Hall–Kier alpha value is -2.97. The lowest BCUT2D eigenvalue weighted by Gasteiger charge is -2.22. The van der Waals surface area contributed by atoms with Crippen molar-refractivity contribution in [3.05, 3.63) is 65.5 Å². The summed E-state index contributed by atoms with van der Waals surface area (Å²) in [6.45, 7) is 4.84. The quantitative estimate of drug-likeness (QED) is 0.262. The van der Waals surface area contributed by atoms with E-state index >= 15 is 0 Å². The zero-order valence-electron chi connectivity index (χ0n) is 17.9. The van der Waals surface area contributed by atoms with Gasteiger partial charge in [0.25, 0.3) is 0 Å². The molecule has 0 saturated heterocycles. The number of rotatable bonds is 11. The van der Waals surface area contributed by atoms with E-state index in [1.807, 2.05) is 44.2 Å². The first-order valence-corrected chi connectivity index (χ1v) is 9.98. The molecular weight excluding hydrogens is 416 g/mol. The van der Waals surface area contributed by atoms with Crippen molar-refractivity contribution in [2.24, 2.45) is 11.7 Å². The minimum Gasteiger partial charge on any atom is -0.384 e. The fourth-order valence-electron chi connectivity index (χ4n) is 2.85. The minimum atomic E-state index is -0.599. The van der Waals surface area contributed by atoms with E-state index in [1.54, 1.807) is 18.3 Å². The van der Waals surface area contributed by atoms with Crippen molar-refractivity contribution in [3.8, 4) is 0 Å². The molecule has 0 spiro atoms. The molecule has 2 aromatic rings. The van der Waals surface area contributed by atoms with Crippen LogP contribution in [-0.2, 0) is 22.6 Å². The van der Waals surface area contributed by atoms with Crippen LogP contribution in [0.5, 0.6) is 0 Å². The number of halogens is 1. The van der Waals surface area contributed by atoms with Crippen molar-refractivity contribution in [3.63, 3.8) is 0 Å². The molecule has 0 bridgehead atoms. The third-order valence-corrected chi connectivity index (χ3v) is 4.55. The van der Waals surface area contributed by atoms with Crippen LogP contribution < -0.4 is 21.7 Å². The lowest BCUT2D eigenvalue weighted by molar-refractivity contribution is -0.129. The van der Waals surface area contributed by atoms with Crippen LogP contribution in [-0.4, -0.2) is 41.8 Å². The topological polar surface area (TPSA) is 133 Å². The Bertz CT molecular complexity index is 843. The maximum absolute atomic E-state index is 12.5. The number of nitrogens with one attached hydrogen (secondary N) is 4. The third kappa shape index (κ3) is 9.15. The smallest absolute Gasteiger partial charge is 0.242 e. The van der Waals surface area contributed by atoms with Gasteiger partial charge in [-0.3, -0.25) is 20.0 Å². The van der Waals surface area contributed by atoms with Crippen LogP contribution in [0.3, 0.4) is 0 Å². The summed E-state index contributed by atoms with van der Waals surface area (Å²) in [5, 5.41) is 16.1. The Morgan fingerprint density at radius 3 is 2.42 bits per heavy atom. The summed E-state index contributed by atoms with van der Waals surface area (Å²) >= 11 is 0. The van der Waals surface area contributed by atoms with E-state index < -0.39 is 6.04 Å². The van der Waals surface area contributed by atoms with Crippen LogP contribution >= 0.6 is 12.4 Å². The van der Waals surface area contributed by atoms with Crippen molar-refractivity contribution in [1.29, 1.82) is 5.41 Å². The Balaban J connectivity index is 0.00000480. The van der Waals surface area contributed by atoms with Gasteiger partial charge < -0.3 is 21.7 Å². The van der Waals surface area contributed by atoms with Crippen molar-refractivity contribution >= 4 is 30.1 Å². The van der Waals surface area contributed by atoms with Gasteiger partial charge >= 0.3 is 0 Å². The van der Waals surface area contributed by atoms with Gasteiger partial charge in [-0.2, -0.15) is 0 Å². The molecule has 0 saturated carbocycles. The van der Waals surface area contributed by atoms with Gasteiger partial charge in [0.05, 0.1) is 6.54 Å². The van der Waals surface area contributed by atoms with E-state index in [-0.39, 0.29) is 42.5 Å². The lowest BCUT2D eigenvalue weighted by Crippen LogP contribution is -2.51. The number of hydrogen-bond acceptors (Lipinski definition) is 5. The second-order valence-electron chi connectivity index (χ2n) is 7.37. The van der Waals surface area contributed by atoms with E-state index in [4.69, 9.17) is 11.1 Å². The van der Waals surface area contributed by atoms with Crippen molar-refractivity contribution in [2.75, 3.05) is 13.1 Å². The highest BCUT2D eigenvalue weighted by molar-refractivity contribution is 5.94. The maximum atomic E-state index is 12.5. The highest BCUT2D eigenvalue weighted by Crippen LogP contribution is 2.04. The molecule has 0 aliphatic heterocycles. The van der Waals surface area contributed by atoms with E-state index in [0.29, 0.717) is 25.1 Å². The predicted molar refractivity (Wildman–Crippen MR) is 124 cm³/mol. The van der Waals surface area contributed by atoms with Crippen LogP contribution in [0.1, 0.15) is 30.7 Å². The highest BCUT2D eigenvalue weighted by Gasteiger charge is 2.23. The molecule has 31 heavy (non-hydrogen) atoms. The molecule has 0 radical (unpaired) electrons. The molecule has 2 amide bonds. The molecule has 6 N–H and O–H groups in total. The summed E-state index contributed by atoms with van der Waals surface area (Å²) in [6.07, 6.45) is 2.36. The first-order valence-electron chi connectivity index (χ1n) is 9.98. The molecule has 1 aromatic carbocycles. The number of aromatic nitrogens is 1. The molecule has 8 nitrogen and oxygen atoms in total. The van der Waals surface area contributed by atoms with E-state index in [0.717, 1.165) is 11.3 Å². The number of pyridine rings is 1. The van der Waals surface area contributed by atoms with Crippen molar-refractivity contribution in [2.45, 2.75) is 32.9 Å². The number of benzene rings is 1. The van der Waals surface area contributed by atoms with Gasteiger partial charge in [0, 0.05) is 37.0 Å². The Labute approximate surface area is 189 Å². The van der Waals surface area contributed by atoms with Gasteiger partial charge in [-0.1, -0.05) is 44.2 Å². The maximum Gasteiger partial charge on any atom is 0.242 e. The van der Waals surface area contributed by atoms with Gasteiger partial charge in [0.1, 0.15) is 11.9 Å². The second kappa shape index (κ2) is 13.4. The lowest BCUT2D eigenvalue weighted by atomic mass is 10.0. The summed E-state index contributed by atoms with van der Waals surface area (Å²) in [6, 6.07) is 12.3. The number of carbonyl (C=O) groups is 2. The Morgan fingerprint density at radius 2 is 1.84 bits per heavy atom. The average molecular weight is 447 g/mol. The first kappa shape index (κ1) is 26.1. The predicted octanol–water partition coefficient (Wildman–Crippen LogP) is 1.38. The van der Waals surface area contributed by atoms with Crippen LogP contribution in [0.15, 0.2) is 48.7 Å². The zero-order chi connectivity index (χ0) is 21.9. The largest absolute Gasteiger partial charge is 0.384 e. The van der Waals surface area contributed by atoms with Crippen molar-refractivity contribution in [1.82, 2.24) is 20.9 Å². The fraction of sp³-hybridized carbons (Fsp3) is 0.364. The van der Waals surface area contributed by atoms with E-state index in [2.05, 4.69) is 20.9 Å². The van der Waals surface area contributed by atoms with Crippen LogP contribution in [0, 0.1) is 11.3 Å². The molecule has 0 aliphatic rings. The number of amides is 2. The summed E-state index contributed by atoms with van der Waals surface area (Å²) in [5.74, 6) is -0.460. The minimum absolute atomic E-state index is 0. The summed E-state index contributed by atoms with van der Waals surface area (Å²) in [5.41, 5.74) is 7.97. The summed E-state index contributed by atoms with van der Waals surface area (Å²) in [4.78, 5) is 29.0. The number of amidine groups is 1. The Morgan fingerprint density at radius 1 is 1.13 bits per heavy atom. The average Bonchev–Trinajstić information content (AvgIpc) is 2.73. The van der Waals surface area contributed by atoms with Gasteiger partial charge in [-0.15, -0.1) is 12.4 Å². The van der Waals surface area contributed by atoms with Crippen LogP contribution in [0.25, 0.3) is 0 Å². The number of nitrogen functional groups attached to an aromatic ring is 1. The molecule has 168 valence electrons. The Kier molecular flexibility index (Phi) is 11.2. The molecule has 0 aliphatic carbocycles. The molecule has 1 heterocycles. The van der Waals surface area contributed by atoms with Gasteiger partial charge in [0.2, 0.25) is 11.8 Å². The molecular formula is C22H31ClN6O2. The zero-order valence-corrected chi connectivity index (χ0v) is 18.7. The van der Waals surface area contributed by atoms with E-state index in [9.17, 15) is 9.59 Å². The molecule has 0 fully saturated rings. The monoisotopic (exact) mass is 446 g/mol. The highest BCUT2D eigenvalue weighted by atomic mass is 35.5. The third-order valence-electron chi connectivity index (χ3n) is 4.55. The molecule has 9 heteroatoms. The van der Waals surface area contributed by atoms with Crippen molar-refractivity contribution < 1.29 is 9.59 Å². The van der Waals surface area contributed by atoms with Crippen LogP contribution in [0.4, 0.5) is 0 Å². The SMILES string of the molecule is CC(C)C(NC(=O)CNCc1ccc(C(=N)N)cc1)C(=O)NCCc1ccccn1.Cl. The normalized spacial score (nSPS) is 11.3. The second-order valence-corrected chi connectivity index (χ2v) is 7.37. The fourth-order valence-corrected chi connectivity index (χ4v) is 2.85. The van der Waals surface area contributed by atoms with E-state index in [1.165, 1.54) is 0 Å². The van der Waals surface area contributed by atoms with Gasteiger partial charge in [0.15, 0.2) is 0 Å². The summed E-state index contributed by atoms with van der Waals surface area (Å²) in [7, 11) is 0. The van der Waals surface area contributed by atoms with Crippen LogP contribution in [0.2, 0.25) is 0 Å². The van der Waals surface area contributed by atoms with Gasteiger partial charge in [-0.05, 0) is 23.6 Å². The first-order chi connectivity index (χ1) is 14.4. The molecule has 1 aromatic heterocycles. The molecule has 1 unspecified atom stereocenters. The standard InChI is InChI=1S/C22H30N6O2.ClH/c1-15(2)20(22(30)27-12-10-18-5-3-4-11-26-18)28-19(29)14-25-13-16-6-8-17(9-7-16)21(23)24;/h3-9,11,15,20,25H,10,12-14H2,1-2H3,(H3,23,24)(H,27,30)(H,28,29);1H. The number of nitrogens with two attached hydrogens (primary N) is 1. The number of carbonyl (C=O) groups excluding carboxylic acids is 2. The molecule has 2 rings (SSSR count). The summed E-state index contributed by atoms with van der Waals surface area (Å²) < 4.78 is 0.